The minimum absolute atomic E-state index is 0.301. The summed E-state index contributed by atoms with van der Waals surface area (Å²) in [5, 5.41) is 5.81. The number of aromatic amines is 1. The van der Waals surface area contributed by atoms with Gasteiger partial charge in [-0.15, -0.1) is 0 Å². The van der Waals surface area contributed by atoms with Crippen LogP contribution in [0.4, 0.5) is 0 Å². The molecular formula is C5H3ClN4O. The third kappa shape index (κ3) is 0.813. The number of hydrogen-bond donors (Lipinski definition) is 1. The lowest BCUT2D eigenvalue weighted by atomic mass is 10.5. The van der Waals surface area contributed by atoms with Crippen LogP contribution in [0.3, 0.4) is 0 Å². The van der Waals surface area contributed by atoms with Crippen LogP contribution in [-0.4, -0.2) is 19.3 Å². The number of imidazole rings is 1. The number of nitrogens with one attached hydrogen (secondary N) is 1. The van der Waals surface area contributed by atoms with Crippen LogP contribution in [-0.2, 0) is 0 Å². The average molecular weight is 171 g/mol. The van der Waals surface area contributed by atoms with Gasteiger partial charge in [0.25, 0.3) is 5.56 Å². The van der Waals surface area contributed by atoms with Crippen molar-refractivity contribution in [3.05, 3.63) is 22.9 Å². The van der Waals surface area contributed by atoms with E-state index in [2.05, 4.69) is 15.2 Å². The van der Waals surface area contributed by atoms with E-state index in [4.69, 9.17) is 11.8 Å². The van der Waals surface area contributed by atoms with Crippen LogP contribution < -0.4 is 5.56 Å². The van der Waals surface area contributed by atoms with E-state index in [1.807, 2.05) is 0 Å². The van der Waals surface area contributed by atoms with Gasteiger partial charge in [0.2, 0.25) is 0 Å². The molecule has 0 unspecified atom stereocenters. The van der Waals surface area contributed by atoms with Crippen molar-refractivity contribution in [3.8, 4) is 0 Å². The molecule has 0 aliphatic carbocycles. The number of aromatic nitrogens is 4. The molecule has 6 heteroatoms. The highest BCUT2D eigenvalue weighted by Crippen LogP contribution is 2.05. The summed E-state index contributed by atoms with van der Waals surface area (Å²) in [5.74, 6) is 0. The Balaban J connectivity index is 3.06. The molecule has 1 N–H and O–H groups in total. The van der Waals surface area contributed by atoms with Gasteiger partial charge in [0, 0.05) is 11.8 Å². The van der Waals surface area contributed by atoms with Gasteiger partial charge in [-0.1, -0.05) is 0 Å². The summed E-state index contributed by atoms with van der Waals surface area (Å²) in [5.41, 5.74) is 0.479. The fourth-order valence-corrected chi connectivity index (χ4v) is 1.00. The van der Waals surface area contributed by atoms with Crippen LogP contribution in [0.2, 0.25) is 0 Å². The molecule has 5 nitrogen and oxygen atoms in total. The van der Waals surface area contributed by atoms with E-state index in [-0.39, 0.29) is 5.56 Å². The highest BCUT2D eigenvalue weighted by atomic mass is 35.5. The Morgan fingerprint density at radius 2 is 2.45 bits per heavy atom. The van der Waals surface area contributed by atoms with Crippen molar-refractivity contribution in [2.24, 2.45) is 0 Å². The quantitative estimate of drug-likeness (QED) is 0.611. The average Bonchev–Trinajstić information content (AvgIpc) is 2.35. The SMILES string of the molecule is O=c1[nH]ncc2c1ncn2Cl. The van der Waals surface area contributed by atoms with Gasteiger partial charge >= 0.3 is 0 Å². The molecule has 56 valence electrons. The first-order chi connectivity index (χ1) is 5.29. The zero-order valence-corrected chi connectivity index (χ0v) is 6.04. The molecule has 0 bridgehead atoms. The van der Waals surface area contributed by atoms with E-state index in [9.17, 15) is 4.79 Å². The second-order valence-electron chi connectivity index (χ2n) is 1.99. The van der Waals surface area contributed by atoms with Crippen molar-refractivity contribution in [2.75, 3.05) is 0 Å². The summed E-state index contributed by atoms with van der Waals surface area (Å²) in [4.78, 5) is 14.7. The Kier molecular flexibility index (Phi) is 1.19. The maximum atomic E-state index is 10.9. The van der Waals surface area contributed by atoms with Gasteiger partial charge in [-0.05, 0) is 0 Å². The van der Waals surface area contributed by atoms with Crippen molar-refractivity contribution in [1.82, 2.24) is 19.3 Å². The van der Waals surface area contributed by atoms with Crippen molar-refractivity contribution < 1.29 is 0 Å². The molecule has 0 radical (unpaired) electrons. The highest BCUT2D eigenvalue weighted by molar-refractivity contribution is 6.18. The van der Waals surface area contributed by atoms with Crippen LogP contribution in [0.5, 0.6) is 0 Å². The molecule has 0 aliphatic heterocycles. The lowest BCUT2D eigenvalue weighted by Crippen LogP contribution is -2.07. The van der Waals surface area contributed by atoms with Gasteiger partial charge in [-0.2, -0.15) is 5.10 Å². The predicted octanol–water partition coefficient (Wildman–Crippen LogP) is 0.121. The van der Waals surface area contributed by atoms with E-state index in [1.54, 1.807) is 0 Å². The number of hydrogen-bond acceptors (Lipinski definition) is 3. The Morgan fingerprint density at radius 1 is 1.64 bits per heavy atom. The van der Waals surface area contributed by atoms with Crippen molar-refractivity contribution in [3.63, 3.8) is 0 Å². The first-order valence-electron chi connectivity index (χ1n) is 2.86. The summed E-state index contributed by atoms with van der Waals surface area (Å²) in [7, 11) is 0. The van der Waals surface area contributed by atoms with Crippen molar-refractivity contribution in [1.29, 1.82) is 0 Å². The zero-order valence-electron chi connectivity index (χ0n) is 5.28. The molecule has 0 amide bonds. The first-order valence-corrected chi connectivity index (χ1v) is 3.20. The molecule has 0 saturated carbocycles. The van der Waals surface area contributed by atoms with Crippen LogP contribution in [0.1, 0.15) is 0 Å². The summed E-state index contributed by atoms with van der Waals surface area (Å²) in [6.45, 7) is 0. The number of rotatable bonds is 0. The summed E-state index contributed by atoms with van der Waals surface area (Å²) in [6.07, 6.45) is 2.79. The largest absolute Gasteiger partial charge is 0.292 e. The van der Waals surface area contributed by atoms with E-state index in [0.717, 1.165) is 0 Å². The van der Waals surface area contributed by atoms with E-state index in [0.29, 0.717) is 11.0 Å². The van der Waals surface area contributed by atoms with Gasteiger partial charge in [0.15, 0.2) is 5.52 Å². The maximum absolute atomic E-state index is 10.9. The van der Waals surface area contributed by atoms with E-state index < -0.39 is 0 Å². The Bertz CT molecular complexity index is 445. The molecule has 2 heterocycles. The van der Waals surface area contributed by atoms with E-state index >= 15 is 0 Å². The molecule has 2 rings (SSSR count). The second kappa shape index (κ2) is 2.06. The smallest absolute Gasteiger partial charge is 0.265 e. The highest BCUT2D eigenvalue weighted by Gasteiger charge is 2.03. The lowest BCUT2D eigenvalue weighted by Gasteiger charge is -1.86. The number of halogens is 1. The van der Waals surface area contributed by atoms with Gasteiger partial charge < -0.3 is 0 Å². The minimum Gasteiger partial charge on any atom is -0.265 e. The fraction of sp³-hybridized carbons (Fsp3) is 0. The molecule has 0 aromatic carbocycles. The fourth-order valence-electron chi connectivity index (χ4n) is 0.834. The molecule has 0 spiro atoms. The topological polar surface area (TPSA) is 63.6 Å². The molecule has 0 saturated heterocycles. The second-order valence-corrected chi connectivity index (χ2v) is 2.35. The predicted molar refractivity (Wildman–Crippen MR) is 39.4 cm³/mol. The van der Waals surface area contributed by atoms with Crippen LogP contribution in [0, 0.1) is 0 Å². The third-order valence-corrected chi connectivity index (χ3v) is 1.60. The molecule has 0 aliphatic rings. The number of H-pyrrole nitrogens is 1. The molecule has 2 aromatic rings. The van der Waals surface area contributed by atoms with Crippen molar-refractivity contribution >= 4 is 22.8 Å². The Morgan fingerprint density at radius 3 is 3.18 bits per heavy atom. The van der Waals surface area contributed by atoms with Gasteiger partial charge in [0.1, 0.15) is 11.8 Å². The monoisotopic (exact) mass is 170 g/mol. The number of nitrogens with zero attached hydrogens (tertiary/aromatic N) is 3. The summed E-state index contributed by atoms with van der Waals surface area (Å²) in [6, 6.07) is 0. The van der Waals surface area contributed by atoms with Crippen LogP contribution in [0.25, 0.3) is 11.0 Å². The zero-order chi connectivity index (χ0) is 7.84. The molecule has 0 atom stereocenters. The Labute approximate surface area is 65.7 Å². The van der Waals surface area contributed by atoms with Crippen LogP contribution >= 0.6 is 11.8 Å². The molecular weight excluding hydrogens is 168 g/mol. The van der Waals surface area contributed by atoms with Gasteiger partial charge in [0.05, 0.1) is 6.20 Å². The maximum Gasteiger partial charge on any atom is 0.292 e. The van der Waals surface area contributed by atoms with E-state index in [1.165, 1.54) is 16.6 Å². The summed E-state index contributed by atoms with van der Waals surface area (Å²) >= 11 is 5.61. The lowest BCUT2D eigenvalue weighted by molar-refractivity contribution is 1.00. The normalized spacial score (nSPS) is 10.6. The third-order valence-electron chi connectivity index (χ3n) is 1.33. The Hall–Kier alpha value is -1.36. The van der Waals surface area contributed by atoms with Crippen LogP contribution in [0.15, 0.2) is 17.3 Å². The van der Waals surface area contributed by atoms with Gasteiger partial charge in [-0.25, -0.2) is 14.2 Å². The standard InChI is InChI=1S/C5H3ClN4O/c6-10-2-7-4-3(10)1-8-9-5(4)11/h1-2H,(H,9,11). The van der Waals surface area contributed by atoms with Gasteiger partial charge in [-0.3, -0.25) is 4.79 Å². The first kappa shape index (κ1) is 6.36. The molecule has 0 fully saturated rings. The number of fused-ring (bicyclic) bond motifs is 1. The van der Waals surface area contributed by atoms with Crippen molar-refractivity contribution in [2.45, 2.75) is 0 Å². The molecule has 2 aromatic heterocycles. The minimum atomic E-state index is -0.332. The molecule has 11 heavy (non-hydrogen) atoms. The summed E-state index contributed by atoms with van der Waals surface area (Å²) < 4.78 is 1.22.